The SMILES string of the molecule is c1csc(CN(CC2CCCN2)C2CC2)n1. The van der Waals surface area contributed by atoms with E-state index in [-0.39, 0.29) is 0 Å². The van der Waals surface area contributed by atoms with E-state index in [0.29, 0.717) is 0 Å². The first kappa shape index (κ1) is 10.7. The van der Waals surface area contributed by atoms with E-state index in [4.69, 9.17) is 0 Å². The lowest BCUT2D eigenvalue weighted by molar-refractivity contribution is 0.231. The van der Waals surface area contributed by atoms with Gasteiger partial charge in [-0.1, -0.05) is 0 Å². The maximum absolute atomic E-state index is 4.40. The standard InChI is InChI=1S/C12H19N3S/c1-2-10(13-5-1)8-15(11-3-4-11)9-12-14-6-7-16-12/h6-7,10-11,13H,1-5,8-9H2. The van der Waals surface area contributed by atoms with E-state index in [1.165, 1.54) is 43.8 Å². The van der Waals surface area contributed by atoms with Gasteiger partial charge in [-0.3, -0.25) is 4.90 Å². The molecule has 2 fully saturated rings. The van der Waals surface area contributed by atoms with Gasteiger partial charge >= 0.3 is 0 Å². The Bertz CT molecular complexity index is 315. The molecule has 3 rings (SSSR count). The fourth-order valence-corrected chi connectivity index (χ4v) is 3.12. The van der Waals surface area contributed by atoms with Crippen LogP contribution in [0.3, 0.4) is 0 Å². The van der Waals surface area contributed by atoms with Crippen LogP contribution in [-0.4, -0.2) is 35.1 Å². The molecular formula is C12H19N3S. The van der Waals surface area contributed by atoms with Crippen molar-refractivity contribution in [2.75, 3.05) is 13.1 Å². The Labute approximate surface area is 101 Å². The average molecular weight is 237 g/mol. The summed E-state index contributed by atoms with van der Waals surface area (Å²) in [4.78, 5) is 7.02. The highest BCUT2D eigenvalue weighted by Gasteiger charge is 2.31. The molecule has 0 amide bonds. The Morgan fingerprint density at radius 3 is 3.00 bits per heavy atom. The summed E-state index contributed by atoms with van der Waals surface area (Å²) in [5.74, 6) is 0. The van der Waals surface area contributed by atoms with Crippen molar-refractivity contribution in [1.82, 2.24) is 15.2 Å². The number of nitrogens with zero attached hydrogens (tertiary/aromatic N) is 2. The summed E-state index contributed by atoms with van der Waals surface area (Å²) in [5.41, 5.74) is 0. The lowest BCUT2D eigenvalue weighted by Gasteiger charge is -2.24. The van der Waals surface area contributed by atoms with Gasteiger partial charge in [-0.05, 0) is 32.2 Å². The fraction of sp³-hybridized carbons (Fsp3) is 0.750. The quantitative estimate of drug-likeness (QED) is 0.847. The number of thiazole rings is 1. The maximum Gasteiger partial charge on any atom is 0.107 e. The van der Waals surface area contributed by atoms with Crippen LogP contribution in [0.25, 0.3) is 0 Å². The molecule has 1 aliphatic carbocycles. The third-order valence-electron chi connectivity index (χ3n) is 3.50. The second-order valence-electron chi connectivity index (χ2n) is 4.88. The van der Waals surface area contributed by atoms with Gasteiger partial charge in [-0.2, -0.15) is 0 Å². The molecule has 2 aliphatic rings. The van der Waals surface area contributed by atoms with Crippen LogP contribution in [0.15, 0.2) is 11.6 Å². The Balaban J connectivity index is 1.57. The second kappa shape index (κ2) is 4.82. The molecule has 1 aromatic heterocycles. The molecule has 1 saturated carbocycles. The molecular weight excluding hydrogens is 218 g/mol. The zero-order valence-electron chi connectivity index (χ0n) is 9.56. The van der Waals surface area contributed by atoms with Gasteiger partial charge in [0.1, 0.15) is 5.01 Å². The van der Waals surface area contributed by atoms with Gasteiger partial charge in [0.05, 0.1) is 6.54 Å². The van der Waals surface area contributed by atoms with Crippen molar-refractivity contribution in [3.8, 4) is 0 Å². The molecule has 1 saturated heterocycles. The van der Waals surface area contributed by atoms with E-state index >= 15 is 0 Å². The van der Waals surface area contributed by atoms with Crippen LogP contribution in [0, 0.1) is 0 Å². The molecule has 1 N–H and O–H groups in total. The predicted octanol–water partition coefficient (Wildman–Crippen LogP) is 1.86. The molecule has 4 heteroatoms. The molecule has 1 unspecified atom stereocenters. The number of nitrogens with one attached hydrogen (secondary N) is 1. The normalized spacial score (nSPS) is 25.4. The van der Waals surface area contributed by atoms with Crippen LogP contribution in [-0.2, 0) is 6.54 Å². The Morgan fingerprint density at radius 2 is 2.38 bits per heavy atom. The molecule has 3 nitrogen and oxygen atoms in total. The fourth-order valence-electron chi connectivity index (χ4n) is 2.48. The molecule has 1 aliphatic heterocycles. The zero-order chi connectivity index (χ0) is 10.8. The summed E-state index contributed by atoms with van der Waals surface area (Å²) in [7, 11) is 0. The zero-order valence-corrected chi connectivity index (χ0v) is 10.4. The summed E-state index contributed by atoms with van der Waals surface area (Å²) in [6, 6.07) is 1.56. The van der Waals surface area contributed by atoms with Crippen LogP contribution in [0.2, 0.25) is 0 Å². The molecule has 0 bridgehead atoms. The summed E-state index contributed by atoms with van der Waals surface area (Å²) in [5, 5.41) is 6.94. The monoisotopic (exact) mass is 237 g/mol. The Hall–Kier alpha value is -0.450. The van der Waals surface area contributed by atoms with Crippen molar-refractivity contribution in [3.63, 3.8) is 0 Å². The molecule has 0 aromatic carbocycles. The molecule has 88 valence electrons. The minimum atomic E-state index is 0.723. The Morgan fingerprint density at radius 1 is 1.44 bits per heavy atom. The van der Waals surface area contributed by atoms with Crippen molar-refractivity contribution in [1.29, 1.82) is 0 Å². The summed E-state index contributed by atoms with van der Waals surface area (Å²) < 4.78 is 0. The van der Waals surface area contributed by atoms with Gasteiger partial charge in [-0.15, -0.1) is 11.3 Å². The lowest BCUT2D eigenvalue weighted by Crippen LogP contribution is -2.38. The predicted molar refractivity (Wildman–Crippen MR) is 66.6 cm³/mol. The van der Waals surface area contributed by atoms with Crippen molar-refractivity contribution < 1.29 is 0 Å². The van der Waals surface area contributed by atoms with E-state index < -0.39 is 0 Å². The lowest BCUT2D eigenvalue weighted by atomic mass is 10.2. The minimum absolute atomic E-state index is 0.723. The van der Waals surface area contributed by atoms with E-state index in [1.807, 2.05) is 6.20 Å². The smallest absolute Gasteiger partial charge is 0.107 e. The van der Waals surface area contributed by atoms with Crippen LogP contribution in [0.5, 0.6) is 0 Å². The third kappa shape index (κ3) is 2.62. The maximum atomic E-state index is 4.40. The van der Waals surface area contributed by atoms with E-state index in [0.717, 1.165) is 18.6 Å². The molecule has 1 atom stereocenters. The molecule has 0 radical (unpaired) electrons. The van der Waals surface area contributed by atoms with Crippen molar-refractivity contribution in [2.45, 2.75) is 44.3 Å². The van der Waals surface area contributed by atoms with E-state index in [1.54, 1.807) is 11.3 Å². The minimum Gasteiger partial charge on any atom is -0.313 e. The van der Waals surface area contributed by atoms with E-state index in [9.17, 15) is 0 Å². The first-order valence-electron chi connectivity index (χ1n) is 6.27. The average Bonchev–Trinajstić information content (AvgIpc) is 2.79. The van der Waals surface area contributed by atoms with Gasteiger partial charge in [0.25, 0.3) is 0 Å². The van der Waals surface area contributed by atoms with Crippen LogP contribution < -0.4 is 5.32 Å². The first-order valence-corrected chi connectivity index (χ1v) is 7.15. The number of hydrogen-bond acceptors (Lipinski definition) is 4. The van der Waals surface area contributed by atoms with Gasteiger partial charge in [0.15, 0.2) is 0 Å². The van der Waals surface area contributed by atoms with Gasteiger partial charge in [0.2, 0.25) is 0 Å². The van der Waals surface area contributed by atoms with Crippen LogP contribution in [0.4, 0.5) is 0 Å². The van der Waals surface area contributed by atoms with Crippen LogP contribution >= 0.6 is 11.3 Å². The van der Waals surface area contributed by atoms with Crippen molar-refractivity contribution in [3.05, 3.63) is 16.6 Å². The molecule has 1 aromatic rings. The Kier molecular flexibility index (Phi) is 3.22. The van der Waals surface area contributed by atoms with Gasteiger partial charge < -0.3 is 5.32 Å². The van der Waals surface area contributed by atoms with Crippen LogP contribution in [0.1, 0.15) is 30.7 Å². The van der Waals surface area contributed by atoms with Gasteiger partial charge in [-0.25, -0.2) is 4.98 Å². The summed E-state index contributed by atoms with van der Waals surface area (Å²) in [6.07, 6.45) is 7.39. The topological polar surface area (TPSA) is 28.2 Å². The van der Waals surface area contributed by atoms with Gasteiger partial charge in [0, 0.05) is 30.2 Å². The van der Waals surface area contributed by atoms with E-state index in [2.05, 4.69) is 20.6 Å². The third-order valence-corrected chi connectivity index (χ3v) is 4.27. The molecule has 0 spiro atoms. The summed E-state index contributed by atoms with van der Waals surface area (Å²) in [6.45, 7) is 3.48. The highest BCUT2D eigenvalue weighted by molar-refractivity contribution is 7.09. The largest absolute Gasteiger partial charge is 0.313 e. The summed E-state index contributed by atoms with van der Waals surface area (Å²) >= 11 is 1.78. The highest BCUT2D eigenvalue weighted by Crippen LogP contribution is 2.29. The van der Waals surface area contributed by atoms with Crippen molar-refractivity contribution in [2.24, 2.45) is 0 Å². The number of rotatable bonds is 5. The molecule has 2 heterocycles. The molecule has 16 heavy (non-hydrogen) atoms. The van der Waals surface area contributed by atoms with Crippen molar-refractivity contribution >= 4 is 11.3 Å². The first-order chi connectivity index (χ1) is 7.92. The highest BCUT2D eigenvalue weighted by atomic mass is 32.1. The second-order valence-corrected chi connectivity index (χ2v) is 5.86. The number of hydrogen-bond donors (Lipinski definition) is 1. The number of aromatic nitrogens is 1.